The zero-order valence-electron chi connectivity index (χ0n) is 13.4. The van der Waals surface area contributed by atoms with Crippen LogP contribution in [0, 0.1) is 0 Å². The predicted molar refractivity (Wildman–Crippen MR) is 99.7 cm³/mol. The van der Waals surface area contributed by atoms with E-state index in [1.165, 1.54) is 10.7 Å². The van der Waals surface area contributed by atoms with Crippen molar-refractivity contribution < 1.29 is 9.59 Å². The Labute approximate surface area is 153 Å². The summed E-state index contributed by atoms with van der Waals surface area (Å²) in [6, 6.07) is 17.6. The van der Waals surface area contributed by atoms with Gasteiger partial charge in [-0.25, -0.2) is 0 Å². The molecule has 2 amide bonds. The van der Waals surface area contributed by atoms with Crippen LogP contribution in [0.1, 0.15) is 20.8 Å². The lowest BCUT2D eigenvalue weighted by molar-refractivity contribution is 0.101. The van der Waals surface area contributed by atoms with Gasteiger partial charge in [0, 0.05) is 28.8 Å². The molecule has 1 aromatic heterocycles. The van der Waals surface area contributed by atoms with Crippen molar-refractivity contribution in [1.82, 2.24) is 9.78 Å². The predicted octanol–water partition coefficient (Wildman–Crippen LogP) is 3.69. The average Bonchev–Trinajstić information content (AvgIpc) is 2.98. The summed E-state index contributed by atoms with van der Waals surface area (Å²) in [4.78, 5) is 24.5. The normalized spacial score (nSPS) is 10.3. The van der Waals surface area contributed by atoms with E-state index in [4.69, 9.17) is 0 Å². The third kappa shape index (κ3) is 4.13. The number of nitrogens with zero attached hydrogens (tertiary/aromatic N) is 2. The maximum absolute atomic E-state index is 12.3. The standard InChI is InChI=1S/C18H15BrN4O2/c1-23-16(21-17(24)12-5-3-2-4-6-12)11-15(22-23)18(25)20-14-9-7-13(19)8-10-14/h2-11H,1H3,(H,20,25)(H,21,24). The second-order valence-electron chi connectivity index (χ2n) is 5.32. The number of rotatable bonds is 4. The molecule has 0 aliphatic heterocycles. The van der Waals surface area contributed by atoms with Crippen LogP contribution < -0.4 is 10.6 Å². The molecule has 0 unspecified atom stereocenters. The summed E-state index contributed by atoms with van der Waals surface area (Å²) < 4.78 is 2.38. The molecule has 25 heavy (non-hydrogen) atoms. The molecule has 0 bridgehead atoms. The van der Waals surface area contributed by atoms with Gasteiger partial charge in [-0.05, 0) is 36.4 Å². The van der Waals surface area contributed by atoms with Gasteiger partial charge in [0.05, 0.1) is 0 Å². The number of nitrogens with one attached hydrogen (secondary N) is 2. The molecule has 6 nitrogen and oxygen atoms in total. The van der Waals surface area contributed by atoms with E-state index in [0.717, 1.165) is 4.47 Å². The molecule has 0 aliphatic rings. The maximum atomic E-state index is 12.3. The Morgan fingerprint density at radius 1 is 0.960 bits per heavy atom. The number of hydrogen-bond donors (Lipinski definition) is 2. The van der Waals surface area contributed by atoms with E-state index < -0.39 is 0 Å². The van der Waals surface area contributed by atoms with Gasteiger partial charge in [-0.15, -0.1) is 0 Å². The van der Waals surface area contributed by atoms with Gasteiger partial charge in [-0.1, -0.05) is 34.1 Å². The fraction of sp³-hybridized carbons (Fsp3) is 0.0556. The highest BCUT2D eigenvalue weighted by Crippen LogP contribution is 2.16. The minimum absolute atomic E-state index is 0.216. The van der Waals surface area contributed by atoms with Gasteiger partial charge in [0.1, 0.15) is 5.82 Å². The minimum atomic E-state index is -0.349. The first kappa shape index (κ1) is 16.9. The number of carbonyl (C=O) groups excluding carboxylic acids is 2. The number of hydrogen-bond acceptors (Lipinski definition) is 3. The Morgan fingerprint density at radius 3 is 2.32 bits per heavy atom. The van der Waals surface area contributed by atoms with Crippen molar-refractivity contribution >= 4 is 39.2 Å². The van der Waals surface area contributed by atoms with Gasteiger partial charge in [0.2, 0.25) is 0 Å². The van der Waals surface area contributed by atoms with Crippen LogP contribution in [0.4, 0.5) is 11.5 Å². The Hall–Kier alpha value is -2.93. The van der Waals surface area contributed by atoms with E-state index in [2.05, 4.69) is 31.7 Å². The molecular formula is C18H15BrN4O2. The molecule has 0 saturated carbocycles. The zero-order chi connectivity index (χ0) is 17.8. The van der Waals surface area contributed by atoms with Gasteiger partial charge in [-0.2, -0.15) is 5.10 Å². The summed E-state index contributed by atoms with van der Waals surface area (Å²) in [5.41, 5.74) is 1.41. The van der Waals surface area contributed by atoms with Gasteiger partial charge in [0.25, 0.3) is 11.8 Å². The van der Waals surface area contributed by atoms with E-state index in [9.17, 15) is 9.59 Å². The summed E-state index contributed by atoms with van der Waals surface area (Å²) in [7, 11) is 1.66. The number of aryl methyl sites for hydroxylation is 1. The average molecular weight is 399 g/mol. The maximum Gasteiger partial charge on any atom is 0.276 e. The number of aromatic nitrogens is 2. The third-order valence-electron chi connectivity index (χ3n) is 3.49. The highest BCUT2D eigenvalue weighted by atomic mass is 79.9. The Kier molecular flexibility index (Phi) is 4.95. The van der Waals surface area contributed by atoms with Crippen molar-refractivity contribution in [3.05, 3.63) is 76.4 Å². The molecule has 2 aromatic carbocycles. The van der Waals surface area contributed by atoms with E-state index >= 15 is 0 Å². The van der Waals surface area contributed by atoms with Crippen LogP contribution in [0.3, 0.4) is 0 Å². The number of benzene rings is 2. The number of anilines is 2. The fourth-order valence-electron chi connectivity index (χ4n) is 2.20. The molecular weight excluding hydrogens is 384 g/mol. The summed E-state index contributed by atoms with van der Waals surface area (Å²) in [6.07, 6.45) is 0. The van der Waals surface area contributed by atoms with Crippen molar-refractivity contribution in [3.63, 3.8) is 0 Å². The highest BCUT2D eigenvalue weighted by molar-refractivity contribution is 9.10. The molecule has 0 spiro atoms. The van der Waals surface area contributed by atoms with Crippen molar-refractivity contribution in [2.24, 2.45) is 7.05 Å². The fourth-order valence-corrected chi connectivity index (χ4v) is 2.47. The molecule has 0 radical (unpaired) electrons. The molecule has 0 atom stereocenters. The summed E-state index contributed by atoms with van der Waals surface area (Å²) in [5.74, 6) is -0.170. The number of carbonyl (C=O) groups is 2. The number of halogens is 1. The Balaban J connectivity index is 1.72. The van der Waals surface area contributed by atoms with E-state index in [1.54, 1.807) is 43.4 Å². The van der Waals surface area contributed by atoms with Crippen LogP contribution in [0.25, 0.3) is 0 Å². The summed E-state index contributed by atoms with van der Waals surface area (Å²) in [6.45, 7) is 0. The van der Waals surface area contributed by atoms with E-state index in [0.29, 0.717) is 17.1 Å². The molecule has 126 valence electrons. The van der Waals surface area contributed by atoms with Crippen LogP contribution in [-0.2, 0) is 7.05 Å². The highest BCUT2D eigenvalue weighted by Gasteiger charge is 2.15. The lowest BCUT2D eigenvalue weighted by Gasteiger charge is -2.04. The molecule has 0 fully saturated rings. The molecule has 3 aromatic rings. The van der Waals surface area contributed by atoms with Gasteiger partial charge < -0.3 is 10.6 Å². The Bertz CT molecular complexity index is 905. The molecule has 1 heterocycles. The van der Waals surface area contributed by atoms with Crippen molar-refractivity contribution in [3.8, 4) is 0 Å². The van der Waals surface area contributed by atoms with E-state index in [-0.39, 0.29) is 17.5 Å². The second kappa shape index (κ2) is 7.31. The lowest BCUT2D eigenvalue weighted by atomic mass is 10.2. The van der Waals surface area contributed by atoms with Gasteiger partial charge >= 0.3 is 0 Å². The molecule has 0 aliphatic carbocycles. The van der Waals surface area contributed by atoms with Gasteiger partial charge in [0.15, 0.2) is 5.69 Å². The molecule has 0 saturated heterocycles. The van der Waals surface area contributed by atoms with Gasteiger partial charge in [-0.3, -0.25) is 14.3 Å². The number of amides is 2. The zero-order valence-corrected chi connectivity index (χ0v) is 14.9. The first-order chi connectivity index (χ1) is 12.0. The van der Waals surface area contributed by atoms with Crippen molar-refractivity contribution in [2.75, 3.05) is 10.6 Å². The summed E-state index contributed by atoms with van der Waals surface area (Å²) in [5, 5.41) is 9.66. The lowest BCUT2D eigenvalue weighted by Crippen LogP contribution is -2.14. The van der Waals surface area contributed by atoms with Crippen LogP contribution in [0.15, 0.2) is 65.1 Å². The molecule has 7 heteroatoms. The first-order valence-electron chi connectivity index (χ1n) is 7.50. The molecule has 2 N–H and O–H groups in total. The SMILES string of the molecule is Cn1nc(C(=O)Nc2ccc(Br)cc2)cc1NC(=O)c1ccccc1. The smallest absolute Gasteiger partial charge is 0.276 e. The second-order valence-corrected chi connectivity index (χ2v) is 6.24. The monoisotopic (exact) mass is 398 g/mol. The van der Waals surface area contributed by atoms with Crippen LogP contribution in [0.5, 0.6) is 0 Å². The third-order valence-corrected chi connectivity index (χ3v) is 4.02. The first-order valence-corrected chi connectivity index (χ1v) is 8.29. The largest absolute Gasteiger partial charge is 0.321 e. The van der Waals surface area contributed by atoms with Crippen LogP contribution >= 0.6 is 15.9 Å². The van der Waals surface area contributed by atoms with Crippen LogP contribution in [-0.4, -0.2) is 21.6 Å². The minimum Gasteiger partial charge on any atom is -0.321 e. The quantitative estimate of drug-likeness (QED) is 0.703. The topological polar surface area (TPSA) is 76.0 Å². The van der Waals surface area contributed by atoms with Crippen molar-refractivity contribution in [2.45, 2.75) is 0 Å². The summed E-state index contributed by atoms with van der Waals surface area (Å²) >= 11 is 3.34. The van der Waals surface area contributed by atoms with Crippen molar-refractivity contribution in [1.29, 1.82) is 0 Å². The Morgan fingerprint density at radius 2 is 1.64 bits per heavy atom. The molecule has 3 rings (SSSR count). The van der Waals surface area contributed by atoms with E-state index in [1.807, 2.05) is 18.2 Å². The van der Waals surface area contributed by atoms with Crippen LogP contribution in [0.2, 0.25) is 0 Å².